The molecule has 1 aromatic carbocycles. The molecule has 0 N–H and O–H groups in total. The van der Waals surface area contributed by atoms with Gasteiger partial charge in [0.1, 0.15) is 0 Å². The van der Waals surface area contributed by atoms with Gasteiger partial charge < -0.3 is 0 Å². The fraction of sp³-hybridized carbons (Fsp3) is 0. The Kier molecular flexibility index (Phi) is 3.73. The highest BCUT2D eigenvalue weighted by molar-refractivity contribution is 6.36. The van der Waals surface area contributed by atoms with Gasteiger partial charge in [0.2, 0.25) is 0 Å². The van der Waals surface area contributed by atoms with Crippen LogP contribution in [-0.2, 0) is 0 Å². The third kappa shape index (κ3) is 2.63. The minimum atomic E-state index is -0.866. The van der Waals surface area contributed by atoms with Crippen LogP contribution in [0.4, 0.5) is 4.39 Å². The minimum absolute atomic E-state index is 0.119. The van der Waals surface area contributed by atoms with Crippen LogP contribution in [0, 0.1) is 5.82 Å². The molecule has 2 aromatic rings. The summed E-state index contributed by atoms with van der Waals surface area (Å²) in [7, 11) is 0. The molecule has 0 amide bonds. The lowest BCUT2D eigenvalue weighted by molar-refractivity contribution is 0.615. The van der Waals surface area contributed by atoms with Gasteiger partial charge in [0.05, 0.1) is 5.02 Å². The topological polar surface area (TPSA) is 25.8 Å². The lowest BCUT2D eigenvalue weighted by Gasteiger charge is -2.05. The monoisotopic (exact) mass is 310 g/mol. The smallest absolute Gasteiger partial charge is 0.197 e. The molecule has 2 rings (SSSR count). The number of nitrogens with zero attached hydrogens (tertiary/aromatic N) is 2. The lowest BCUT2D eigenvalue weighted by atomic mass is 10.2. The maximum atomic E-state index is 13.2. The zero-order chi connectivity index (χ0) is 12.6. The van der Waals surface area contributed by atoms with E-state index in [4.69, 9.17) is 46.4 Å². The number of aromatic nitrogens is 2. The van der Waals surface area contributed by atoms with E-state index in [1.807, 2.05) is 0 Å². The molecule has 0 atom stereocenters. The van der Waals surface area contributed by atoms with Crippen LogP contribution in [0.3, 0.4) is 0 Å². The highest BCUT2D eigenvalue weighted by Gasteiger charge is 2.14. The van der Waals surface area contributed by atoms with E-state index in [9.17, 15) is 4.39 Å². The van der Waals surface area contributed by atoms with Crippen LogP contribution in [-0.4, -0.2) is 9.97 Å². The van der Waals surface area contributed by atoms with Crippen molar-refractivity contribution in [3.63, 3.8) is 0 Å². The summed E-state index contributed by atoms with van der Waals surface area (Å²) in [5.74, 6) is -0.746. The van der Waals surface area contributed by atoms with Gasteiger partial charge in [-0.25, -0.2) is 14.4 Å². The maximum Gasteiger partial charge on any atom is 0.197 e. The van der Waals surface area contributed by atoms with E-state index in [0.717, 1.165) is 0 Å². The van der Waals surface area contributed by atoms with Gasteiger partial charge in [-0.2, -0.15) is 0 Å². The highest BCUT2D eigenvalue weighted by Crippen LogP contribution is 2.30. The molecule has 88 valence electrons. The summed E-state index contributed by atoms with van der Waals surface area (Å²) < 4.78 is 13.2. The Morgan fingerprint density at radius 2 is 1.53 bits per heavy atom. The first kappa shape index (κ1) is 12.8. The Hall–Kier alpha value is -0.610. The van der Waals surface area contributed by atoms with Crippen molar-refractivity contribution in [2.24, 2.45) is 0 Å². The number of halogens is 5. The molecule has 0 aliphatic rings. The Labute approximate surface area is 116 Å². The first-order chi connectivity index (χ1) is 7.99. The van der Waals surface area contributed by atoms with E-state index in [1.165, 1.54) is 0 Å². The third-order valence-electron chi connectivity index (χ3n) is 1.94. The highest BCUT2D eigenvalue weighted by atomic mass is 35.5. The molecule has 0 radical (unpaired) electrons. The summed E-state index contributed by atoms with van der Waals surface area (Å²) in [4.78, 5) is 7.52. The van der Waals surface area contributed by atoms with E-state index in [0.29, 0.717) is 15.6 Å². The second kappa shape index (κ2) is 4.94. The Balaban J connectivity index is 2.64. The van der Waals surface area contributed by atoms with Crippen LogP contribution in [0.1, 0.15) is 0 Å². The van der Waals surface area contributed by atoms with Crippen molar-refractivity contribution in [3.05, 3.63) is 44.4 Å². The fourth-order valence-corrected chi connectivity index (χ4v) is 1.95. The van der Waals surface area contributed by atoms with Crippen LogP contribution in [0.25, 0.3) is 11.4 Å². The van der Waals surface area contributed by atoms with Crippen molar-refractivity contribution in [2.75, 3.05) is 0 Å². The zero-order valence-corrected chi connectivity index (χ0v) is 11.0. The molecular weight excluding hydrogens is 309 g/mol. The van der Waals surface area contributed by atoms with Gasteiger partial charge in [-0.1, -0.05) is 46.4 Å². The van der Waals surface area contributed by atoms with Crippen LogP contribution in [0.5, 0.6) is 0 Å². The predicted octanol–water partition coefficient (Wildman–Crippen LogP) is 4.90. The van der Waals surface area contributed by atoms with E-state index < -0.39 is 5.82 Å². The van der Waals surface area contributed by atoms with Gasteiger partial charge in [-0.05, 0) is 18.2 Å². The molecule has 2 nitrogen and oxygen atoms in total. The van der Waals surface area contributed by atoms with E-state index >= 15 is 0 Å². The second-order valence-electron chi connectivity index (χ2n) is 3.07. The largest absolute Gasteiger partial charge is 0.213 e. The number of rotatable bonds is 1. The average molecular weight is 312 g/mol. The van der Waals surface area contributed by atoms with Gasteiger partial charge in [-0.15, -0.1) is 0 Å². The number of hydrogen-bond acceptors (Lipinski definition) is 2. The van der Waals surface area contributed by atoms with Crippen LogP contribution in [0.2, 0.25) is 20.4 Å². The van der Waals surface area contributed by atoms with E-state index in [2.05, 4.69) is 9.97 Å². The summed E-state index contributed by atoms with van der Waals surface area (Å²) >= 11 is 22.9. The molecule has 7 heteroatoms. The quantitative estimate of drug-likeness (QED) is 0.700. The lowest BCUT2D eigenvalue weighted by Crippen LogP contribution is -1.95. The third-order valence-corrected chi connectivity index (χ3v) is 3.01. The Morgan fingerprint density at radius 3 is 2.12 bits per heavy atom. The van der Waals surface area contributed by atoms with Gasteiger partial charge in [0.25, 0.3) is 0 Å². The molecule has 0 bridgehead atoms. The molecule has 0 aliphatic heterocycles. The van der Waals surface area contributed by atoms with Crippen LogP contribution < -0.4 is 0 Å². The Morgan fingerprint density at radius 1 is 0.941 bits per heavy atom. The number of hydrogen-bond donors (Lipinski definition) is 0. The van der Waals surface area contributed by atoms with E-state index in [-0.39, 0.29) is 16.1 Å². The molecule has 0 saturated heterocycles. The second-order valence-corrected chi connectivity index (χ2v) is 4.63. The first-order valence-corrected chi connectivity index (χ1v) is 5.84. The maximum absolute atomic E-state index is 13.2. The minimum Gasteiger partial charge on any atom is -0.213 e. The van der Waals surface area contributed by atoms with Crippen molar-refractivity contribution in [1.82, 2.24) is 9.97 Å². The number of benzene rings is 1. The van der Waals surface area contributed by atoms with Crippen molar-refractivity contribution < 1.29 is 4.39 Å². The SMILES string of the molecule is Fc1c(Cl)nc(-c2cc(Cl)ccc2Cl)nc1Cl. The molecule has 1 aromatic heterocycles. The summed E-state index contributed by atoms with van der Waals surface area (Å²) in [6.07, 6.45) is 0. The molecule has 1 heterocycles. The molecule has 0 unspecified atom stereocenters. The van der Waals surface area contributed by atoms with Crippen LogP contribution in [0.15, 0.2) is 18.2 Å². The fourth-order valence-electron chi connectivity index (χ4n) is 1.18. The van der Waals surface area contributed by atoms with Crippen LogP contribution >= 0.6 is 46.4 Å². The van der Waals surface area contributed by atoms with Crippen molar-refractivity contribution >= 4 is 46.4 Å². The summed E-state index contributed by atoms with van der Waals surface area (Å²) in [6.45, 7) is 0. The Bertz CT molecular complexity index is 566. The first-order valence-electron chi connectivity index (χ1n) is 4.33. The summed E-state index contributed by atoms with van der Waals surface area (Å²) in [5.41, 5.74) is 0.433. The summed E-state index contributed by atoms with van der Waals surface area (Å²) in [5, 5.41) is 0.0878. The average Bonchev–Trinajstić information content (AvgIpc) is 2.28. The van der Waals surface area contributed by atoms with Gasteiger partial charge >= 0.3 is 0 Å². The predicted molar refractivity (Wildman–Crippen MR) is 67.5 cm³/mol. The molecule has 17 heavy (non-hydrogen) atoms. The standard InChI is InChI=1S/C10H3Cl4FN2/c11-4-1-2-6(12)5(3-4)10-16-8(13)7(15)9(14)17-10/h1-3H. The molecular formula is C10H3Cl4FN2. The van der Waals surface area contributed by atoms with E-state index in [1.54, 1.807) is 18.2 Å². The van der Waals surface area contributed by atoms with Crippen molar-refractivity contribution in [1.29, 1.82) is 0 Å². The molecule has 0 aliphatic carbocycles. The van der Waals surface area contributed by atoms with Gasteiger partial charge in [0, 0.05) is 10.6 Å². The molecule has 0 fully saturated rings. The van der Waals surface area contributed by atoms with Crippen molar-refractivity contribution in [3.8, 4) is 11.4 Å². The van der Waals surface area contributed by atoms with Gasteiger partial charge in [-0.3, -0.25) is 0 Å². The normalized spacial score (nSPS) is 10.6. The van der Waals surface area contributed by atoms with Gasteiger partial charge in [0.15, 0.2) is 21.9 Å². The zero-order valence-electron chi connectivity index (χ0n) is 8.02. The van der Waals surface area contributed by atoms with Crippen molar-refractivity contribution in [2.45, 2.75) is 0 Å². The summed E-state index contributed by atoms with van der Waals surface area (Å²) in [6, 6.07) is 4.73. The molecule has 0 saturated carbocycles. The molecule has 0 spiro atoms.